The first kappa shape index (κ1) is 53.9. The Balaban J connectivity index is 0.000000169. The third-order valence-corrected chi connectivity index (χ3v) is 16.4. The zero-order valence-electron chi connectivity index (χ0n) is 42.3. The molecule has 3 fully saturated rings. The van der Waals surface area contributed by atoms with Crippen LogP contribution in [0.4, 0.5) is 4.79 Å². The number of hydrogen-bond donors (Lipinski definition) is 3. The maximum atomic E-state index is 12.8. The third kappa shape index (κ3) is 14.4. The number of aromatic nitrogens is 2. The average molecular weight is 1020 g/mol. The van der Waals surface area contributed by atoms with E-state index in [1.807, 2.05) is 18.2 Å². The van der Waals surface area contributed by atoms with Crippen LogP contribution in [0.15, 0.2) is 120 Å². The fraction of sp³-hybridized carbons (Fsp3) is 0.431. The molecule has 14 heteroatoms. The fourth-order valence-electron chi connectivity index (χ4n) is 10.8. The highest BCUT2D eigenvalue weighted by Gasteiger charge is 2.42. The van der Waals surface area contributed by atoms with Crippen LogP contribution in [0.3, 0.4) is 0 Å². The molecule has 4 N–H and O–H groups in total. The molecule has 0 unspecified atom stereocenters. The predicted molar refractivity (Wildman–Crippen MR) is 287 cm³/mol. The van der Waals surface area contributed by atoms with E-state index in [1.54, 1.807) is 42.5 Å². The Hall–Kier alpha value is -5.86. The fourth-order valence-corrected chi connectivity index (χ4v) is 11.9. The number of carbonyl (C=O) groups excluding carboxylic acids is 2. The number of carboxylic acid groups (broad SMARTS) is 1. The van der Waals surface area contributed by atoms with Gasteiger partial charge in [0, 0.05) is 46.0 Å². The van der Waals surface area contributed by atoms with Gasteiger partial charge in [-0.1, -0.05) is 132 Å². The number of primary amides is 1. The number of aryl methyl sites for hydroxylation is 3. The number of likely N-dealkylation sites (tertiary alicyclic amines) is 1. The number of benzene rings is 4. The zero-order valence-corrected chi connectivity index (χ0v) is 43.9. The number of halogens is 1. The number of carbonyl (C=O) groups is 3. The number of rotatable bonds is 14. The molecule has 0 radical (unpaired) electrons. The Morgan fingerprint density at radius 2 is 1.43 bits per heavy atom. The zero-order chi connectivity index (χ0) is 51.1. The third-order valence-electron chi connectivity index (χ3n) is 15.0. The topological polar surface area (TPSA) is 164 Å². The van der Waals surface area contributed by atoms with Gasteiger partial charge in [0.1, 0.15) is 5.01 Å². The van der Waals surface area contributed by atoms with Crippen LogP contribution in [0.2, 0.25) is 5.02 Å². The lowest BCUT2D eigenvalue weighted by Crippen LogP contribution is -2.55. The summed E-state index contributed by atoms with van der Waals surface area (Å²) in [6.07, 6.45) is 14.7. The van der Waals surface area contributed by atoms with Crippen LogP contribution in [0, 0.1) is 19.8 Å². The van der Waals surface area contributed by atoms with Crippen molar-refractivity contribution in [2.24, 2.45) is 11.7 Å². The highest BCUT2D eigenvalue weighted by atomic mass is 35.5. The van der Waals surface area contributed by atoms with Crippen molar-refractivity contribution in [1.82, 2.24) is 25.3 Å². The number of hydrogen-bond acceptors (Lipinski definition) is 10. The summed E-state index contributed by atoms with van der Waals surface area (Å²) in [6.45, 7) is 6.05. The van der Waals surface area contributed by atoms with Crippen LogP contribution in [-0.2, 0) is 28.9 Å². The molecule has 2 amide bonds. The first-order chi connectivity index (χ1) is 34.7. The largest absolute Gasteiger partial charge is 0.511 e. The van der Waals surface area contributed by atoms with Crippen LogP contribution in [0.1, 0.15) is 105 Å². The summed E-state index contributed by atoms with van der Waals surface area (Å²) in [7, 11) is 4.42. The molecule has 0 spiro atoms. The van der Waals surface area contributed by atoms with Gasteiger partial charge in [-0.25, -0.2) is 9.78 Å². The molecule has 2 aromatic heterocycles. The van der Waals surface area contributed by atoms with Crippen LogP contribution >= 0.6 is 22.9 Å². The maximum Gasteiger partial charge on any atom is 0.511 e. The molecule has 1 saturated heterocycles. The number of piperidine rings is 1. The van der Waals surface area contributed by atoms with Gasteiger partial charge in [0.05, 0.1) is 17.1 Å². The summed E-state index contributed by atoms with van der Waals surface area (Å²) >= 11 is 7.66. The molecule has 9 rings (SSSR count). The number of nitrogens with zero attached hydrogens (tertiary/aromatic N) is 4. The summed E-state index contributed by atoms with van der Waals surface area (Å²) in [5, 5.41) is 17.1. The predicted octanol–water partition coefficient (Wildman–Crippen LogP) is 12.1. The molecule has 0 bridgehead atoms. The molecule has 72 heavy (non-hydrogen) atoms. The molecule has 4 aromatic carbocycles. The Labute approximate surface area is 434 Å². The normalized spacial score (nSPS) is 21.1. The lowest BCUT2D eigenvalue weighted by molar-refractivity contribution is -0.124. The van der Waals surface area contributed by atoms with Crippen molar-refractivity contribution in [2.45, 2.75) is 127 Å². The molecular formula is C58H71ClN6O6S. The van der Waals surface area contributed by atoms with Gasteiger partial charge < -0.3 is 30.3 Å². The second-order valence-corrected chi connectivity index (χ2v) is 21.5. The number of amides is 2. The van der Waals surface area contributed by atoms with Gasteiger partial charge in [0.25, 0.3) is 0 Å². The van der Waals surface area contributed by atoms with Crippen molar-refractivity contribution < 1.29 is 28.8 Å². The molecule has 382 valence electrons. The lowest BCUT2D eigenvalue weighted by Gasteiger charge is -2.49. The maximum absolute atomic E-state index is 12.8. The van der Waals surface area contributed by atoms with E-state index in [4.69, 9.17) is 31.9 Å². The van der Waals surface area contributed by atoms with Crippen molar-refractivity contribution in [1.29, 1.82) is 0 Å². The summed E-state index contributed by atoms with van der Waals surface area (Å²) in [4.78, 5) is 45.9. The molecule has 3 aliphatic rings. The number of ether oxygens (including phenoxy) is 1. The molecule has 2 saturated carbocycles. The lowest BCUT2D eigenvalue weighted by atomic mass is 9.71. The van der Waals surface area contributed by atoms with E-state index in [-0.39, 0.29) is 52.1 Å². The molecule has 6 aromatic rings. The molecule has 2 aliphatic carbocycles. The smallest absolute Gasteiger partial charge is 0.449 e. The van der Waals surface area contributed by atoms with Crippen molar-refractivity contribution in [3.8, 4) is 27.6 Å². The Bertz CT molecular complexity index is 2660. The van der Waals surface area contributed by atoms with Crippen LogP contribution < -0.4 is 15.8 Å². The first-order valence-corrected chi connectivity index (χ1v) is 26.7. The van der Waals surface area contributed by atoms with E-state index < -0.39 is 6.16 Å². The minimum atomic E-state index is -1.43. The number of thiazole rings is 1. The minimum absolute atomic E-state index is 0.0607. The van der Waals surface area contributed by atoms with Crippen molar-refractivity contribution >= 4 is 40.9 Å². The molecule has 12 nitrogen and oxygen atoms in total. The van der Waals surface area contributed by atoms with E-state index in [0.717, 1.165) is 91.8 Å². The van der Waals surface area contributed by atoms with Crippen molar-refractivity contribution in [3.63, 3.8) is 0 Å². The SMILES string of the molecule is Cc1onc(-c2ccccc2Cl)c1OC(=O)O.Cc1sc(-c2ccccc2)nc1CC(=O)NC1CCC(CCc2ccccc2)(N(C)C)CC1.NC(=O)C1CCC(Cc2ccccc2)(N2CCCCC2)CC1. The average Bonchev–Trinajstić information content (AvgIpc) is 3.94. The van der Waals surface area contributed by atoms with Gasteiger partial charge in [0.2, 0.25) is 17.6 Å². The van der Waals surface area contributed by atoms with Crippen LogP contribution in [0.25, 0.3) is 21.8 Å². The summed E-state index contributed by atoms with van der Waals surface area (Å²) in [6, 6.07) is 38.9. The Morgan fingerprint density at radius 1 is 0.833 bits per heavy atom. The van der Waals surface area contributed by atoms with Crippen molar-refractivity contribution in [3.05, 3.63) is 148 Å². The van der Waals surface area contributed by atoms with E-state index in [1.165, 1.54) is 43.5 Å². The van der Waals surface area contributed by atoms with Gasteiger partial charge in [-0.05, 0) is 135 Å². The van der Waals surface area contributed by atoms with E-state index in [2.05, 4.69) is 119 Å². The van der Waals surface area contributed by atoms with E-state index in [9.17, 15) is 14.4 Å². The van der Waals surface area contributed by atoms with Crippen molar-refractivity contribution in [2.75, 3.05) is 27.2 Å². The molecule has 3 heterocycles. The Kier molecular flexibility index (Phi) is 19.2. The second-order valence-electron chi connectivity index (χ2n) is 19.9. The highest BCUT2D eigenvalue weighted by Crippen LogP contribution is 2.41. The summed E-state index contributed by atoms with van der Waals surface area (Å²) in [5.74, 6) is 0.420. The highest BCUT2D eigenvalue weighted by molar-refractivity contribution is 7.15. The molecule has 0 atom stereocenters. The number of nitrogens with one attached hydrogen (secondary N) is 1. The standard InChI is InChI=1S/C28H35N3OS.C19H28N2O.C11H8ClNO4/c1-21-25(30-27(33-21)23-12-8-5-9-13-23)20-26(32)29-24-15-18-28(19-16-24,31(2)3)17-14-22-10-6-4-7-11-22;20-18(22)17-9-11-19(12-10-17,21-13-5-2-6-14-21)15-16-7-3-1-4-8-16;1-6-10(16-11(14)15)9(13-17-6)7-4-2-3-5-8(7)12/h4-13,24H,14-20H2,1-3H3,(H,29,32);1,3-4,7-8,17H,2,5-6,9-15H2,(H2,20,22);2-5H,1H3,(H,14,15). The summed E-state index contributed by atoms with van der Waals surface area (Å²) in [5.41, 5.74) is 11.7. The second kappa shape index (κ2) is 25.7. The monoisotopic (exact) mass is 1010 g/mol. The Morgan fingerprint density at radius 3 is 2.03 bits per heavy atom. The van der Waals surface area contributed by atoms with Gasteiger partial charge in [-0.15, -0.1) is 11.3 Å². The minimum Gasteiger partial charge on any atom is -0.449 e. The summed E-state index contributed by atoms with van der Waals surface area (Å²) < 4.78 is 9.54. The first-order valence-electron chi connectivity index (χ1n) is 25.5. The van der Waals surface area contributed by atoms with Gasteiger partial charge in [-0.3, -0.25) is 14.5 Å². The quantitative estimate of drug-likeness (QED) is 0.0895. The van der Waals surface area contributed by atoms with E-state index in [0.29, 0.717) is 17.0 Å². The van der Waals surface area contributed by atoms with Crippen LogP contribution in [0.5, 0.6) is 5.75 Å². The van der Waals surface area contributed by atoms with E-state index >= 15 is 0 Å². The molecule has 1 aliphatic heterocycles. The van der Waals surface area contributed by atoms with Gasteiger partial charge in [-0.2, -0.15) is 0 Å². The molecular weight excluding hydrogens is 944 g/mol. The van der Waals surface area contributed by atoms with Gasteiger partial charge in [0.15, 0.2) is 11.5 Å². The van der Waals surface area contributed by atoms with Crippen LogP contribution in [-0.4, -0.2) is 87.3 Å². The number of nitrogens with two attached hydrogens (primary N) is 1. The van der Waals surface area contributed by atoms with Gasteiger partial charge >= 0.3 is 6.16 Å².